The molecular formula is C70H135NO3. The third kappa shape index (κ3) is 61.5. The van der Waals surface area contributed by atoms with Crippen molar-refractivity contribution < 1.29 is 15.0 Å². The maximum atomic E-state index is 12.5. The Morgan fingerprint density at radius 2 is 0.527 bits per heavy atom. The Morgan fingerprint density at radius 1 is 0.311 bits per heavy atom. The molecule has 0 heterocycles. The van der Waals surface area contributed by atoms with Crippen molar-refractivity contribution in [3.05, 3.63) is 36.5 Å². The number of carbonyl (C=O) groups excluding carboxylic acids is 1. The summed E-state index contributed by atoms with van der Waals surface area (Å²) in [5, 5.41) is 23.2. The molecule has 0 fully saturated rings. The third-order valence-electron chi connectivity index (χ3n) is 16.1. The largest absolute Gasteiger partial charge is 0.394 e. The molecule has 0 saturated carbocycles. The van der Waals surface area contributed by atoms with Gasteiger partial charge < -0.3 is 15.5 Å². The van der Waals surface area contributed by atoms with Crippen molar-refractivity contribution in [3.63, 3.8) is 0 Å². The van der Waals surface area contributed by atoms with Crippen molar-refractivity contribution in [3.8, 4) is 0 Å². The van der Waals surface area contributed by atoms with E-state index >= 15 is 0 Å². The van der Waals surface area contributed by atoms with Crippen molar-refractivity contribution in [1.82, 2.24) is 5.32 Å². The van der Waals surface area contributed by atoms with Crippen LogP contribution in [-0.4, -0.2) is 34.9 Å². The molecule has 0 rings (SSSR count). The molecule has 0 spiro atoms. The molecule has 1 amide bonds. The fourth-order valence-corrected chi connectivity index (χ4v) is 10.9. The monoisotopic (exact) mass is 1040 g/mol. The first-order chi connectivity index (χ1) is 36.7. The molecule has 4 heteroatoms. The van der Waals surface area contributed by atoms with Gasteiger partial charge in [0.2, 0.25) is 5.91 Å². The molecule has 4 nitrogen and oxygen atoms in total. The minimum atomic E-state index is -0.862. The Morgan fingerprint density at radius 3 is 0.784 bits per heavy atom. The highest BCUT2D eigenvalue weighted by molar-refractivity contribution is 5.76. The maximum Gasteiger partial charge on any atom is 0.220 e. The van der Waals surface area contributed by atoms with Gasteiger partial charge in [-0.3, -0.25) is 4.79 Å². The van der Waals surface area contributed by atoms with Crippen LogP contribution in [0.5, 0.6) is 0 Å². The lowest BCUT2D eigenvalue weighted by atomic mass is 10.0. The van der Waals surface area contributed by atoms with E-state index in [9.17, 15) is 15.0 Å². The van der Waals surface area contributed by atoms with Crippen LogP contribution in [-0.2, 0) is 4.79 Å². The van der Waals surface area contributed by atoms with E-state index in [4.69, 9.17) is 0 Å². The predicted molar refractivity (Wildman–Crippen MR) is 332 cm³/mol. The molecule has 2 atom stereocenters. The lowest BCUT2D eigenvalue weighted by molar-refractivity contribution is -0.123. The molecule has 0 bridgehead atoms. The van der Waals surface area contributed by atoms with E-state index in [0.717, 1.165) is 32.1 Å². The van der Waals surface area contributed by atoms with E-state index in [1.807, 2.05) is 6.08 Å². The van der Waals surface area contributed by atoms with Crippen LogP contribution in [0.1, 0.15) is 386 Å². The molecule has 438 valence electrons. The number of carbonyl (C=O) groups is 1. The van der Waals surface area contributed by atoms with Crippen molar-refractivity contribution in [2.45, 2.75) is 398 Å². The zero-order chi connectivity index (χ0) is 53.4. The third-order valence-corrected chi connectivity index (χ3v) is 16.1. The van der Waals surface area contributed by atoms with E-state index in [1.54, 1.807) is 6.08 Å². The lowest BCUT2D eigenvalue weighted by Crippen LogP contribution is -2.45. The Labute approximate surface area is 465 Å². The maximum absolute atomic E-state index is 12.5. The molecule has 2 unspecified atom stereocenters. The van der Waals surface area contributed by atoms with Crippen molar-refractivity contribution in [1.29, 1.82) is 0 Å². The molecule has 0 radical (unpaired) electrons. The van der Waals surface area contributed by atoms with Gasteiger partial charge >= 0.3 is 0 Å². The number of rotatable bonds is 64. The Bertz CT molecular complexity index is 1130. The van der Waals surface area contributed by atoms with Crippen LogP contribution in [0.2, 0.25) is 0 Å². The molecule has 74 heavy (non-hydrogen) atoms. The Hall–Kier alpha value is -1.39. The fourth-order valence-electron chi connectivity index (χ4n) is 10.9. The predicted octanol–water partition coefficient (Wildman–Crippen LogP) is 23.2. The van der Waals surface area contributed by atoms with Gasteiger partial charge in [0, 0.05) is 6.42 Å². The first kappa shape index (κ1) is 72.6. The highest BCUT2D eigenvalue weighted by Gasteiger charge is 2.18. The lowest BCUT2D eigenvalue weighted by Gasteiger charge is -2.19. The molecule has 0 aliphatic rings. The van der Waals surface area contributed by atoms with E-state index in [1.165, 1.54) is 334 Å². The second kappa shape index (κ2) is 65.9. The summed E-state index contributed by atoms with van der Waals surface area (Å²) in [7, 11) is 0. The Balaban J connectivity index is 3.42. The van der Waals surface area contributed by atoms with Gasteiger partial charge in [0.15, 0.2) is 0 Å². The Kier molecular flexibility index (Phi) is 64.7. The standard InChI is InChI=1S/C70H135NO3/c1-3-5-7-9-11-13-15-17-19-21-23-25-27-29-30-31-32-33-34-35-36-37-38-39-40-42-44-46-48-50-52-54-56-58-60-62-64-66-70(74)71-68(67-72)69(73)65-63-61-59-57-55-53-51-49-47-45-43-41-28-26-24-22-20-18-16-14-12-10-8-6-4-2/h21,23,55,57,63,65,68-69,72-73H,3-20,22,24-54,56,58-62,64,66-67H2,1-2H3,(H,71,74)/b23-21-,57-55+,65-63+. The van der Waals surface area contributed by atoms with E-state index in [-0.39, 0.29) is 12.5 Å². The van der Waals surface area contributed by atoms with Crippen LogP contribution in [0.15, 0.2) is 36.5 Å². The van der Waals surface area contributed by atoms with Gasteiger partial charge in [0.05, 0.1) is 18.8 Å². The van der Waals surface area contributed by atoms with Crippen LogP contribution in [0, 0.1) is 0 Å². The zero-order valence-corrected chi connectivity index (χ0v) is 50.6. The van der Waals surface area contributed by atoms with Crippen LogP contribution in [0.3, 0.4) is 0 Å². The normalized spacial score (nSPS) is 12.9. The van der Waals surface area contributed by atoms with Gasteiger partial charge in [-0.1, -0.05) is 359 Å². The number of allylic oxidation sites excluding steroid dienone is 5. The molecule has 3 N–H and O–H groups in total. The van der Waals surface area contributed by atoms with Gasteiger partial charge in [-0.2, -0.15) is 0 Å². The van der Waals surface area contributed by atoms with Crippen molar-refractivity contribution >= 4 is 5.91 Å². The van der Waals surface area contributed by atoms with Crippen LogP contribution < -0.4 is 5.32 Å². The summed E-state index contributed by atoms with van der Waals surface area (Å²) in [6.45, 7) is 4.34. The molecular weight excluding hydrogens is 903 g/mol. The summed E-state index contributed by atoms with van der Waals surface area (Å²) in [6, 6.07) is -0.639. The second-order valence-corrected chi connectivity index (χ2v) is 23.6. The number of hydrogen-bond donors (Lipinski definition) is 3. The van der Waals surface area contributed by atoms with Gasteiger partial charge in [0.25, 0.3) is 0 Å². The smallest absolute Gasteiger partial charge is 0.220 e. The number of aliphatic hydroxyl groups excluding tert-OH is 2. The summed E-state index contributed by atoms with van der Waals surface area (Å²) >= 11 is 0. The average Bonchev–Trinajstić information content (AvgIpc) is 3.40. The number of aliphatic hydroxyl groups is 2. The summed E-state index contributed by atoms with van der Waals surface area (Å²) in [5.41, 5.74) is 0. The summed E-state index contributed by atoms with van der Waals surface area (Å²) in [5.74, 6) is -0.0655. The molecule has 0 saturated heterocycles. The summed E-state index contributed by atoms with van der Waals surface area (Å²) < 4.78 is 0. The van der Waals surface area contributed by atoms with E-state index in [2.05, 4.69) is 43.5 Å². The summed E-state index contributed by atoms with van der Waals surface area (Å²) in [6.07, 6.45) is 90.9. The first-order valence-electron chi connectivity index (χ1n) is 34.2. The van der Waals surface area contributed by atoms with E-state index < -0.39 is 12.1 Å². The van der Waals surface area contributed by atoms with Gasteiger partial charge in [-0.25, -0.2) is 0 Å². The molecule has 0 aromatic carbocycles. The number of hydrogen-bond acceptors (Lipinski definition) is 3. The number of nitrogens with one attached hydrogen (secondary N) is 1. The van der Waals surface area contributed by atoms with Crippen molar-refractivity contribution in [2.24, 2.45) is 0 Å². The van der Waals surface area contributed by atoms with Crippen LogP contribution in [0.25, 0.3) is 0 Å². The highest BCUT2D eigenvalue weighted by atomic mass is 16.3. The highest BCUT2D eigenvalue weighted by Crippen LogP contribution is 2.19. The minimum absolute atomic E-state index is 0.0655. The number of amides is 1. The fraction of sp³-hybridized carbons (Fsp3) is 0.900. The quantitative estimate of drug-likeness (QED) is 0.0420. The van der Waals surface area contributed by atoms with Crippen molar-refractivity contribution in [2.75, 3.05) is 6.61 Å². The minimum Gasteiger partial charge on any atom is -0.394 e. The van der Waals surface area contributed by atoms with Crippen LogP contribution in [0.4, 0.5) is 0 Å². The van der Waals surface area contributed by atoms with Gasteiger partial charge in [-0.05, 0) is 57.8 Å². The van der Waals surface area contributed by atoms with Gasteiger partial charge in [-0.15, -0.1) is 0 Å². The van der Waals surface area contributed by atoms with Gasteiger partial charge in [0.1, 0.15) is 0 Å². The molecule has 0 aromatic heterocycles. The zero-order valence-electron chi connectivity index (χ0n) is 50.6. The number of unbranched alkanes of at least 4 members (excludes halogenated alkanes) is 53. The van der Waals surface area contributed by atoms with E-state index in [0.29, 0.717) is 6.42 Å². The average molecular weight is 1040 g/mol. The molecule has 0 aliphatic heterocycles. The first-order valence-corrected chi connectivity index (χ1v) is 34.2. The summed E-state index contributed by atoms with van der Waals surface area (Å²) in [4.78, 5) is 12.5. The molecule has 0 aliphatic carbocycles. The van der Waals surface area contributed by atoms with Crippen LogP contribution >= 0.6 is 0 Å². The molecule has 0 aromatic rings. The second-order valence-electron chi connectivity index (χ2n) is 23.6. The SMILES string of the molecule is CCCCCCCCCC/C=C\CCCCCCCCCCCCCCCCCCCCCCCCCCCC(=O)NC(CO)C(O)/C=C/CC/C=C/CCCCCCCCCCCCCCCCCCCCC. The topological polar surface area (TPSA) is 69.6 Å².